The topological polar surface area (TPSA) is 89.5 Å². The molecule has 2 rings (SSSR count). The molecule has 5 nitrogen and oxygen atoms in total. The van der Waals surface area contributed by atoms with Gasteiger partial charge >= 0.3 is 5.69 Å². The van der Waals surface area contributed by atoms with E-state index in [4.69, 9.17) is 5.73 Å². The molecule has 3 N–H and O–H groups in total. The molecule has 0 bridgehead atoms. The SMILES string of the molecule is [NH]c1ccc2[nH]c(=O)[nH]c(=O)c2c1. The van der Waals surface area contributed by atoms with Gasteiger partial charge in [0.1, 0.15) is 0 Å². The summed E-state index contributed by atoms with van der Waals surface area (Å²) in [4.78, 5) is 26.6. The molecule has 0 fully saturated rings. The smallest absolute Gasteiger partial charge is 0.307 e. The summed E-state index contributed by atoms with van der Waals surface area (Å²) in [6.45, 7) is 0. The molecule has 2 aromatic rings. The Morgan fingerprint density at radius 1 is 1.15 bits per heavy atom. The molecule has 0 spiro atoms. The Morgan fingerprint density at radius 2 is 1.92 bits per heavy atom. The monoisotopic (exact) mass is 176 g/mol. The Bertz CT molecular complexity index is 567. The molecule has 0 aliphatic rings. The molecule has 1 heterocycles. The number of H-pyrrole nitrogens is 2. The summed E-state index contributed by atoms with van der Waals surface area (Å²) < 4.78 is 0. The summed E-state index contributed by atoms with van der Waals surface area (Å²) in [7, 11) is 0. The molecule has 0 aliphatic carbocycles. The van der Waals surface area contributed by atoms with Crippen molar-refractivity contribution in [3.63, 3.8) is 0 Å². The minimum Gasteiger partial charge on any atom is -0.307 e. The fourth-order valence-corrected chi connectivity index (χ4v) is 1.17. The van der Waals surface area contributed by atoms with Crippen molar-refractivity contribution in [3.8, 4) is 0 Å². The van der Waals surface area contributed by atoms with Crippen molar-refractivity contribution in [3.05, 3.63) is 39.0 Å². The van der Waals surface area contributed by atoms with Crippen molar-refractivity contribution in [1.82, 2.24) is 15.7 Å². The van der Waals surface area contributed by atoms with E-state index >= 15 is 0 Å². The van der Waals surface area contributed by atoms with Crippen LogP contribution in [0.5, 0.6) is 0 Å². The summed E-state index contributed by atoms with van der Waals surface area (Å²) >= 11 is 0. The highest BCUT2D eigenvalue weighted by Gasteiger charge is 1.99. The zero-order chi connectivity index (χ0) is 9.42. The summed E-state index contributed by atoms with van der Waals surface area (Å²) in [6, 6.07) is 4.45. The number of fused-ring (bicyclic) bond motifs is 1. The van der Waals surface area contributed by atoms with Crippen LogP contribution in [0.2, 0.25) is 0 Å². The van der Waals surface area contributed by atoms with Gasteiger partial charge in [0.25, 0.3) is 5.56 Å². The molecule has 0 atom stereocenters. The molecule has 0 unspecified atom stereocenters. The van der Waals surface area contributed by atoms with Crippen LogP contribution in [0.15, 0.2) is 27.8 Å². The molecule has 1 radical (unpaired) electrons. The standard InChI is InChI=1S/C8H6N3O2/c9-4-1-2-6-5(3-4)7(12)11-8(13)10-6/h1-3,9H,(H2,10,11,12,13). The molecule has 1 aromatic carbocycles. The van der Waals surface area contributed by atoms with Gasteiger partial charge in [0.2, 0.25) is 0 Å². The fourth-order valence-electron chi connectivity index (χ4n) is 1.17. The van der Waals surface area contributed by atoms with E-state index in [2.05, 4.69) is 9.97 Å². The van der Waals surface area contributed by atoms with Gasteiger partial charge in [-0.2, -0.15) is 0 Å². The number of rotatable bonds is 0. The molecule has 0 saturated heterocycles. The van der Waals surface area contributed by atoms with Gasteiger partial charge < -0.3 is 10.7 Å². The van der Waals surface area contributed by atoms with Gasteiger partial charge in [0, 0.05) is 0 Å². The van der Waals surface area contributed by atoms with Gasteiger partial charge in [0.15, 0.2) is 0 Å². The molecule has 0 saturated carbocycles. The van der Waals surface area contributed by atoms with Crippen molar-refractivity contribution in [1.29, 1.82) is 0 Å². The molecule has 5 heteroatoms. The third-order valence-electron chi connectivity index (χ3n) is 1.74. The maximum Gasteiger partial charge on any atom is 0.326 e. The van der Waals surface area contributed by atoms with E-state index in [1.165, 1.54) is 18.2 Å². The molecule has 0 amide bonds. The van der Waals surface area contributed by atoms with E-state index < -0.39 is 11.2 Å². The van der Waals surface area contributed by atoms with Gasteiger partial charge in [-0.05, 0) is 18.2 Å². The average Bonchev–Trinajstić information content (AvgIpc) is 2.06. The Morgan fingerprint density at radius 3 is 2.69 bits per heavy atom. The average molecular weight is 176 g/mol. The van der Waals surface area contributed by atoms with Crippen molar-refractivity contribution in [2.75, 3.05) is 0 Å². The van der Waals surface area contributed by atoms with Crippen LogP contribution in [-0.2, 0) is 0 Å². The van der Waals surface area contributed by atoms with E-state index in [1.807, 2.05) is 0 Å². The second-order valence-corrected chi connectivity index (χ2v) is 2.67. The van der Waals surface area contributed by atoms with Gasteiger partial charge in [-0.15, -0.1) is 0 Å². The predicted octanol–water partition coefficient (Wildman–Crippen LogP) is 0.131. The maximum absolute atomic E-state index is 11.2. The molecule has 65 valence electrons. The number of aromatic amines is 2. The zero-order valence-electron chi connectivity index (χ0n) is 6.55. The Balaban J connectivity index is 3.04. The minimum atomic E-state index is -0.532. The summed E-state index contributed by atoms with van der Waals surface area (Å²) in [5.41, 5.74) is 6.98. The highest BCUT2D eigenvalue weighted by atomic mass is 16.2. The lowest BCUT2D eigenvalue weighted by Crippen LogP contribution is -2.21. The number of benzene rings is 1. The van der Waals surface area contributed by atoms with Crippen molar-refractivity contribution >= 4 is 16.6 Å². The molecule has 0 aliphatic heterocycles. The molecular formula is C8H6N3O2. The Kier molecular flexibility index (Phi) is 1.45. The minimum absolute atomic E-state index is 0.241. The largest absolute Gasteiger partial charge is 0.326 e. The highest BCUT2D eigenvalue weighted by molar-refractivity contribution is 5.80. The summed E-state index contributed by atoms with van der Waals surface area (Å²) in [6.07, 6.45) is 0. The summed E-state index contributed by atoms with van der Waals surface area (Å²) in [5, 5.41) is 0.326. The van der Waals surface area contributed by atoms with Crippen LogP contribution in [0, 0.1) is 0 Å². The van der Waals surface area contributed by atoms with Crippen LogP contribution in [0.3, 0.4) is 0 Å². The van der Waals surface area contributed by atoms with E-state index in [-0.39, 0.29) is 5.69 Å². The van der Waals surface area contributed by atoms with Crippen LogP contribution >= 0.6 is 0 Å². The number of nitrogens with one attached hydrogen (secondary N) is 3. The van der Waals surface area contributed by atoms with Gasteiger partial charge in [-0.3, -0.25) is 9.78 Å². The van der Waals surface area contributed by atoms with E-state index in [0.717, 1.165) is 0 Å². The first kappa shape index (κ1) is 7.60. The molecule has 13 heavy (non-hydrogen) atoms. The lowest BCUT2D eigenvalue weighted by molar-refractivity contribution is 1.08. The van der Waals surface area contributed by atoms with Crippen LogP contribution in [0.4, 0.5) is 5.69 Å². The van der Waals surface area contributed by atoms with Crippen LogP contribution in [0.1, 0.15) is 0 Å². The van der Waals surface area contributed by atoms with Crippen molar-refractivity contribution < 1.29 is 0 Å². The number of hydrogen-bond acceptors (Lipinski definition) is 2. The first-order valence-electron chi connectivity index (χ1n) is 3.65. The molecular weight excluding hydrogens is 170 g/mol. The van der Waals surface area contributed by atoms with Crippen LogP contribution in [0.25, 0.3) is 10.9 Å². The van der Waals surface area contributed by atoms with E-state index in [1.54, 1.807) is 0 Å². The second-order valence-electron chi connectivity index (χ2n) is 2.67. The van der Waals surface area contributed by atoms with Crippen LogP contribution < -0.4 is 17.0 Å². The quantitative estimate of drug-likeness (QED) is 0.597. The number of hydrogen-bond donors (Lipinski definition) is 2. The van der Waals surface area contributed by atoms with Crippen LogP contribution in [-0.4, -0.2) is 9.97 Å². The lowest BCUT2D eigenvalue weighted by Gasteiger charge is -1.95. The zero-order valence-corrected chi connectivity index (χ0v) is 6.55. The van der Waals surface area contributed by atoms with E-state index in [9.17, 15) is 9.59 Å². The second kappa shape index (κ2) is 2.48. The van der Waals surface area contributed by atoms with E-state index in [0.29, 0.717) is 10.9 Å². The molecule has 1 aromatic heterocycles. The van der Waals surface area contributed by atoms with Gasteiger partial charge in [-0.25, -0.2) is 4.79 Å². The normalized spacial score (nSPS) is 10.5. The van der Waals surface area contributed by atoms with Crippen molar-refractivity contribution in [2.45, 2.75) is 0 Å². The van der Waals surface area contributed by atoms with Crippen molar-refractivity contribution in [2.24, 2.45) is 0 Å². The Labute approximate surface area is 72.2 Å². The number of aromatic nitrogens is 2. The Hall–Kier alpha value is -2.04. The lowest BCUT2D eigenvalue weighted by atomic mass is 10.2. The first-order valence-corrected chi connectivity index (χ1v) is 3.65. The first-order chi connectivity index (χ1) is 6.16. The fraction of sp³-hybridized carbons (Fsp3) is 0. The third-order valence-corrected chi connectivity index (χ3v) is 1.74. The highest BCUT2D eigenvalue weighted by Crippen LogP contribution is 2.10. The van der Waals surface area contributed by atoms with Gasteiger partial charge in [0.05, 0.1) is 16.6 Å². The predicted molar refractivity (Wildman–Crippen MR) is 47.9 cm³/mol. The maximum atomic E-state index is 11.2. The third kappa shape index (κ3) is 1.20. The van der Waals surface area contributed by atoms with Gasteiger partial charge in [-0.1, -0.05) is 0 Å². The summed E-state index contributed by atoms with van der Waals surface area (Å²) in [5.74, 6) is 0.